The van der Waals surface area contributed by atoms with Gasteiger partial charge >= 0.3 is 0 Å². The first kappa shape index (κ1) is 12.4. The molecule has 0 radical (unpaired) electrons. The van der Waals surface area contributed by atoms with Crippen molar-refractivity contribution < 1.29 is 9.59 Å². The van der Waals surface area contributed by atoms with Crippen molar-refractivity contribution in [2.24, 2.45) is 0 Å². The van der Waals surface area contributed by atoms with E-state index >= 15 is 0 Å². The topological polar surface area (TPSA) is 37.4 Å². The van der Waals surface area contributed by atoms with Gasteiger partial charge in [-0.15, -0.1) is 0 Å². The van der Waals surface area contributed by atoms with E-state index in [1.54, 1.807) is 0 Å². The molecule has 3 heteroatoms. The van der Waals surface area contributed by atoms with E-state index in [-0.39, 0.29) is 11.8 Å². The van der Waals surface area contributed by atoms with E-state index in [0.717, 1.165) is 4.90 Å². The first-order valence-corrected chi connectivity index (χ1v) is 4.45. The van der Waals surface area contributed by atoms with E-state index in [0.29, 0.717) is 11.1 Å². The zero-order valence-electron chi connectivity index (χ0n) is 8.83. The summed E-state index contributed by atoms with van der Waals surface area (Å²) in [7, 11) is 1.44. The summed E-state index contributed by atoms with van der Waals surface area (Å²) >= 11 is 0. The van der Waals surface area contributed by atoms with Crippen LogP contribution in [0.2, 0.25) is 0 Å². The van der Waals surface area contributed by atoms with Gasteiger partial charge in [0.05, 0.1) is 11.1 Å². The second-order valence-corrected chi connectivity index (χ2v) is 2.40. The SMILES string of the molecule is C=CC1=C(C=C)C(=O)N(C)C1=O.CC. The van der Waals surface area contributed by atoms with Crippen molar-refractivity contribution in [2.45, 2.75) is 13.8 Å². The van der Waals surface area contributed by atoms with Gasteiger partial charge in [0, 0.05) is 7.05 Å². The zero-order valence-corrected chi connectivity index (χ0v) is 8.83. The summed E-state index contributed by atoms with van der Waals surface area (Å²) in [5, 5.41) is 0. The Morgan fingerprint density at radius 2 is 1.29 bits per heavy atom. The molecule has 1 heterocycles. The number of imide groups is 1. The number of carbonyl (C=O) groups excluding carboxylic acids is 2. The van der Waals surface area contributed by atoms with E-state index in [4.69, 9.17) is 0 Å². The van der Waals surface area contributed by atoms with Gasteiger partial charge in [0.2, 0.25) is 0 Å². The highest BCUT2D eigenvalue weighted by Crippen LogP contribution is 2.20. The Morgan fingerprint density at radius 1 is 1.00 bits per heavy atom. The monoisotopic (exact) mass is 193 g/mol. The van der Waals surface area contributed by atoms with Gasteiger partial charge in [-0.3, -0.25) is 14.5 Å². The first-order chi connectivity index (χ1) is 6.63. The summed E-state index contributed by atoms with van der Waals surface area (Å²) in [6.45, 7) is 10.9. The number of hydrogen-bond donors (Lipinski definition) is 0. The van der Waals surface area contributed by atoms with Gasteiger partial charge in [-0.1, -0.05) is 39.2 Å². The molecule has 1 aliphatic heterocycles. The Morgan fingerprint density at radius 3 is 1.50 bits per heavy atom. The van der Waals surface area contributed by atoms with Crippen LogP contribution in [0.5, 0.6) is 0 Å². The molecule has 1 rings (SSSR count). The lowest BCUT2D eigenvalue weighted by atomic mass is 10.1. The third kappa shape index (κ3) is 1.82. The fraction of sp³-hybridized carbons (Fsp3) is 0.273. The van der Waals surface area contributed by atoms with Gasteiger partial charge in [-0.05, 0) is 0 Å². The standard InChI is InChI=1S/C9H9NO2.C2H6/c1-4-6-7(5-2)9(12)10(3)8(6)11;1-2/h4-5H,1-2H2,3H3;1-2H3. The number of amides is 2. The highest BCUT2D eigenvalue weighted by Gasteiger charge is 2.31. The van der Waals surface area contributed by atoms with E-state index in [9.17, 15) is 9.59 Å². The smallest absolute Gasteiger partial charge is 0.261 e. The summed E-state index contributed by atoms with van der Waals surface area (Å²) in [6.07, 6.45) is 2.75. The van der Waals surface area contributed by atoms with Crippen LogP contribution in [0.25, 0.3) is 0 Å². The lowest BCUT2D eigenvalue weighted by Gasteiger charge is -2.04. The molecule has 0 atom stereocenters. The van der Waals surface area contributed by atoms with E-state index in [1.165, 1.54) is 19.2 Å². The Labute approximate surface area is 84.4 Å². The van der Waals surface area contributed by atoms with E-state index in [2.05, 4.69) is 13.2 Å². The van der Waals surface area contributed by atoms with Crippen LogP contribution in [0.4, 0.5) is 0 Å². The van der Waals surface area contributed by atoms with Crippen LogP contribution in [-0.4, -0.2) is 23.8 Å². The van der Waals surface area contributed by atoms with Crippen LogP contribution < -0.4 is 0 Å². The second kappa shape index (κ2) is 5.17. The van der Waals surface area contributed by atoms with Crippen LogP contribution in [0, 0.1) is 0 Å². The number of likely N-dealkylation sites (N-methyl/N-ethyl adjacent to an activating group) is 1. The molecule has 0 saturated heterocycles. The molecule has 0 aromatic heterocycles. The Bertz CT molecular complexity index is 283. The van der Waals surface area contributed by atoms with E-state index < -0.39 is 0 Å². The van der Waals surface area contributed by atoms with Crippen LogP contribution in [0.3, 0.4) is 0 Å². The molecule has 0 saturated carbocycles. The van der Waals surface area contributed by atoms with Crippen molar-refractivity contribution in [3.8, 4) is 0 Å². The molecule has 0 bridgehead atoms. The normalized spacial score (nSPS) is 15.2. The van der Waals surface area contributed by atoms with Crippen molar-refractivity contribution in [3.05, 3.63) is 36.5 Å². The summed E-state index contributed by atoms with van der Waals surface area (Å²) in [5.41, 5.74) is 0.662. The largest absolute Gasteiger partial charge is 0.277 e. The quantitative estimate of drug-likeness (QED) is 0.626. The van der Waals surface area contributed by atoms with Crippen molar-refractivity contribution in [1.29, 1.82) is 0 Å². The molecule has 0 aliphatic carbocycles. The first-order valence-electron chi connectivity index (χ1n) is 4.45. The van der Waals surface area contributed by atoms with Crippen molar-refractivity contribution in [1.82, 2.24) is 4.90 Å². The molecule has 0 fully saturated rings. The number of hydrogen-bond acceptors (Lipinski definition) is 2. The molecule has 14 heavy (non-hydrogen) atoms. The average Bonchev–Trinajstić information content (AvgIpc) is 2.44. The molecular formula is C11H15NO2. The van der Waals surface area contributed by atoms with Gasteiger partial charge in [0.1, 0.15) is 0 Å². The van der Waals surface area contributed by atoms with Crippen LogP contribution in [-0.2, 0) is 9.59 Å². The maximum absolute atomic E-state index is 11.2. The molecular weight excluding hydrogens is 178 g/mol. The number of rotatable bonds is 2. The van der Waals surface area contributed by atoms with Gasteiger partial charge in [0.25, 0.3) is 11.8 Å². The highest BCUT2D eigenvalue weighted by atomic mass is 16.2. The number of carbonyl (C=O) groups is 2. The van der Waals surface area contributed by atoms with E-state index in [1.807, 2.05) is 13.8 Å². The molecule has 0 N–H and O–H groups in total. The van der Waals surface area contributed by atoms with Crippen molar-refractivity contribution >= 4 is 11.8 Å². The predicted octanol–water partition coefficient (Wildman–Crippen LogP) is 1.68. The highest BCUT2D eigenvalue weighted by molar-refractivity contribution is 6.21. The zero-order chi connectivity index (χ0) is 11.3. The molecule has 76 valence electrons. The molecule has 2 amide bonds. The molecule has 0 aromatic rings. The van der Waals surface area contributed by atoms with Crippen LogP contribution in [0.1, 0.15) is 13.8 Å². The lowest BCUT2D eigenvalue weighted by molar-refractivity contribution is -0.135. The molecule has 3 nitrogen and oxygen atoms in total. The van der Waals surface area contributed by atoms with Gasteiger partial charge in [-0.25, -0.2) is 0 Å². The molecule has 0 aromatic carbocycles. The van der Waals surface area contributed by atoms with Crippen LogP contribution >= 0.6 is 0 Å². The third-order valence-corrected chi connectivity index (χ3v) is 1.77. The summed E-state index contributed by atoms with van der Waals surface area (Å²) in [5.74, 6) is -0.630. The van der Waals surface area contributed by atoms with Gasteiger partial charge in [-0.2, -0.15) is 0 Å². The molecule has 1 aliphatic rings. The van der Waals surface area contributed by atoms with Gasteiger partial charge < -0.3 is 0 Å². The minimum atomic E-state index is -0.315. The lowest BCUT2D eigenvalue weighted by Crippen LogP contribution is -2.26. The minimum absolute atomic E-state index is 0.315. The second-order valence-electron chi connectivity index (χ2n) is 2.40. The Kier molecular flexibility index (Phi) is 4.56. The predicted molar refractivity (Wildman–Crippen MR) is 56.5 cm³/mol. The third-order valence-electron chi connectivity index (χ3n) is 1.77. The maximum Gasteiger partial charge on any atom is 0.261 e. The van der Waals surface area contributed by atoms with Gasteiger partial charge in [0.15, 0.2) is 0 Å². The fourth-order valence-corrected chi connectivity index (χ4v) is 1.08. The molecule has 0 spiro atoms. The summed E-state index contributed by atoms with van der Waals surface area (Å²) in [4.78, 5) is 23.5. The average molecular weight is 193 g/mol. The number of nitrogens with zero attached hydrogens (tertiary/aromatic N) is 1. The summed E-state index contributed by atoms with van der Waals surface area (Å²) < 4.78 is 0. The Balaban J connectivity index is 0.000000791. The molecule has 0 unspecified atom stereocenters. The summed E-state index contributed by atoms with van der Waals surface area (Å²) in [6, 6.07) is 0. The Hall–Kier alpha value is -1.64. The van der Waals surface area contributed by atoms with Crippen molar-refractivity contribution in [3.63, 3.8) is 0 Å². The maximum atomic E-state index is 11.2. The van der Waals surface area contributed by atoms with Crippen LogP contribution in [0.15, 0.2) is 36.5 Å². The van der Waals surface area contributed by atoms with Crippen molar-refractivity contribution in [2.75, 3.05) is 7.05 Å². The minimum Gasteiger partial charge on any atom is -0.277 e. The fourth-order valence-electron chi connectivity index (χ4n) is 1.08.